The minimum absolute atomic E-state index is 0.121. The highest BCUT2D eigenvalue weighted by Crippen LogP contribution is 2.34. The van der Waals surface area contributed by atoms with Crippen molar-refractivity contribution in [1.82, 2.24) is 4.98 Å². The highest BCUT2D eigenvalue weighted by molar-refractivity contribution is 6.31. The SMILES string of the molecule is CCCNc1c2c(nc3cc(F)c(Cl)cc13)CCOC2. The molecule has 1 aromatic carbocycles. The summed E-state index contributed by atoms with van der Waals surface area (Å²) in [5, 5.41) is 4.39. The summed E-state index contributed by atoms with van der Waals surface area (Å²) in [6, 6.07) is 3.05. The van der Waals surface area contributed by atoms with E-state index >= 15 is 0 Å². The van der Waals surface area contributed by atoms with Gasteiger partial charge < -0.3 is 10.1 Å². The minimum Gasteiger partial charge on any atom is -0.384 e. The van der Waals surface area contributed by atoms with Gasteiger partial charge in [0.15, 0.2) is 0 Å². The van der Waals surface area contributed by atoms with Crippen molar-refractivity contribution >= 4 is 28.2 Å². The summed E-state index contributed by atoms with van der Waals surface area (Å²) in [5.74, 6) is -0.430. The van der Waals surface area contributed by atoms with Gasteiger partial charge in [0.25, 0.3) is 0 Å². The molecule has 0 unspecified atom stereocenters. The number of hydrogen-bond donors (Lipinski definition) is 1. The van der Waals surface area contributed by atoms with E-state index in [1.54, 1.807) is 6.07 Å². The number of nitrogens with one attached hydrogen (secondary N) is 1. The van der Waals surface area contributed by atoms with Crippen molar-refractivity contribution in [3.63, 3.8) is 0 Å². The summed E-state index contributed by atoms with van der Waals surface area (Å²) in [6.45, 7) is 4.15. The van der Waals surface area contributed by atoms with Gasteiger partial charge in [-0.2, -0.15) is 0 Å². The zero-order valence-electron chi connectivity index (χ0n) is 11.3. The number of anilines is 1. The molecule has 0 radical (unpaired) electrons. The third kappa shape index (κ3) is 2.34. The van der Waals surface area contributed by atoms with E-state index < -0.39 is 5.82 Å². The molecule has 106 valence electrons. The zero-order chi connectivity index (χ0) is 14.1. The van der Waals surface area contributed by atoms with Crippen LogP contribution >= 0.6 is 11.6 Å². The van der Waals surface area contributed by atoms with Crippen LogP contribution < -0.4 is 5.32 Å². The zero-order valence-corrected chi connectivity index (χ0v) is 12.1. The molecule has 0 bridgehead atoms. The Balaban J connectivity index is 2.24. The lowest BCUT2D eigenvalue weighted by Crippen LogP contribution is -2.16. The van der Waals surface area contributed by atoms with Crippen molar-refractivity contribution in [3.05, 3.63) is 34.2 Å². The second kappa shape index (κ2) is 5.54. The Morgan fingerprint density at radius 3 is 3.10 bits per heavy atom. The molecule has 1 aromatic heterocycles. The number of ether oxygens (including phenoxy) is 1. The van der Waals surface area contributed by atoms with Crippen LogP contribution in [0.4, 0.5) is 10.1 Å². The van der Waals surface area contributed by atoms with Gasteiger partial charge in [-0.15, -0.1) is 0 Å². The van der Waals surface area contributed by atoms with Crippen molar-refractivity contribution in [2.45, 2.75) is 26.4 Å². The van der Waals surface area contributed by atoms with E-state index in [1.165, 1.54) is 6.07 Å². The fourth-order valence-corrected chi connectivity index (χ4v) is 2.67. The Morgan fingerprint density at radius 2 is 2.30 bits per heavy atom. The highest BCUT2D eigenvalue weighted by atomic mass is 35.5. The molecule has 0 saturated heterocycles. The molecule has 3 rings (SSSR count). The standard InChI is InChI=1S/C15H16ClFN2O/c1-2-4-18-15-9-6-11(16)12(17)7-14(9)19-13-3-5-20-8-10(13)15/h6-7H,2-5,8H2,1H3,(H,18,19). The van der Waals surface area contributed by atoms with E-state index in [9.17, 15) is 4.39 Å². The lowest BCUT2D eigenvalue weighted by atomic mass is 10.0. The molecule has 0 saturated carbocycles. The number of pyridine rings is 1. The normalized spacial score (nSPS) is 14.3. The van der Waals surface area contributed by atoms with Crippen molar-refractivity contribution in [2.75, 3.05) is 18.5 Å². The molecule has 2 heterocycles. The first-order valence-corrected chi connectivity index (χ1v) is 7.20. The molecule has 0 aliphatic carbocycles. The lowest BCUT2D eigenvalue weighted by molar-refractivity contribution is 0.110. The quantitative estimate of drug-likeness (QED) is 0.931. The van der Waals surface area contributed by atoms with Gasteiger partial charge in [-0.25, -0.2) is 4.39 Å². The van der Waals surface area contributed by atoms with Gasteiger partial charge in [-0.3, -0.25) is 4.98 Å². The van der Waals surface area contributed by atoms with Crippen LogP contribution in [0, 0.1) is 5.82 Å². The summed E-state index contributed by atoms with van der Waals surface area (Å²) < 4.78 is 19.2. The Hall–Kier alpha value is -1.39. The van der Waals surface area contributed by atoms with E-state index in [1.807, 2.05) is 0 Å². The molecule has 1 aliphatic rings. The first kappa shape index (κ1) is 13.6. The molecule has 2 aromatic rings. The van der Waals surface area contributed by atoms with Gasteiger partial charge in [-0.05, 0) is 12.5 Å². The number of benzene rings is 1. The number of aromatic nitrogens is 1. The number of halogens is 2. The third-order valence-corrected chi connectivity index (χ3v) is 3.78. The molecule has 0 amide bonds. The van der Waals surface area contributed by atoms with E-state index in [0.717, 1.165) is 41.7 Å². The smallest absolute Gasteiger partial charge is 0.143 e. The van der Waals surface area contributed by atoms with Crippen molar-refractivity contribution in [1.29, 1.82) is 0 Å². The van der Waals surface area contributed by atoms with Gasteiger partial charge >= 0.3 is 0 Å². The lowest BCUT2D eigenvalue weighted by Gasteiger charge is -2.22. The van der Waals surface area contributed by atoms with Gasteiger partial charge in [-0.1, -0.05) is 18.5 Å². The summed E-state index contributed by atoms with van der Waals surface area (Å²) in [4.78, 5) is 4.57. The Labute approximate surface area is 122 Å². The van der Waals surface area contributed by atoms with Crippen molar-refractivity contribution in [3.8, 4) is 0 Å². The van der Waals surface area contributed by atoms with E-state index in [2.05, 4.69) is 17.2 Å². The molecule has 1 N–H and O–H groups in total. The maximum Gasteiger partial charge on any atom is 0.143 e. The number of hydrogen-bond acceptors (Lipinski definition) is 3. The Morgan fingerprint density at radius 1 is 1.45 bits per heavy atom. The summed E-state index contributed by atoms with van der Waals surface area (Å²) >= 11 is 5.92. The van der Waals surface area contributed by atoms with Crippen LogP contribution in [-0.4, -0.2) is 18.1 Å². The van der Waals surface area contributed by atoms with Crippen LogP contribution in [0.25, 0.3) is 10.9 Å². The molecular weight excluding hydrogens is 279 g/mol. The number of rotatable bonds is 3. The summed E-state index contributed by atoms with van der Waals surface area (Å²) in [6.07, 6.45) is 1.77. The molecule has 3 nitrogen and oxygen atoms in total. The minimum atomic E-state index is -0.430. The van der Waals surface area contributed by atoms with Crippen LogP contribution in [0.15, 0.2) is 12.1 Å². The average molecular weight is 295 g/mol. The third-order valence-electron chi connectivity index (χ3n) is 3.49. The first-order valence-electron chi connectivity index (χ1n) is 6.82. The van der Waals surface area contributed by atoms with Crippen molar-refractivity contribution in [2.24, 2.45) is 0 Å². The molecule has 20 heavy (non-hydrogen) atoms. The Bertz CT molecular complexity index is 660. The average Bonchev–Trinajstić information content (AvgIpc) is 2.45. The molecule has 0 spiro atoms. The highest BCUT2D eigenvalue weighted by Gasteiger charge is 2.19. The molecule has 0 atom stereocenters. The second-order valence-corrected chi connectivity index (χ2v) is 5.33. The maximum absolute atomic E-state index is 13.6. The van der Waals surface area contributed by atoms with Gasteiger partial charge in [0.1, 0.15) is 5.82 Å². The monoisotopic (exact) mass is 294 g/mol. The predicted molar refractivity (Wildman–Crippen MR) is 78.9 cm³/mol. The van der Waals surface area contributed by atoms with Crippen molar-refractivity contribution < 1.29 is 9.13 Å². The Kier molecular flexibility index (Phi) is 3.76. The topological polar surface area (TPSA) is 34.2 Å². The van der Waals surface area contributed by atoms with Crippen LogP contribution in [-0.2, 0) is 17.8 Å². The number of fused-ring (bicyclic) bond motifs is 2. The maximum atomic E-state index is 13.6. The summed E-state index contributed by atoms with van der Waals surface area (Å²) in [7, 11) is 0. The van der Waals surface area contributed by atoms with Crippen LogP contribution in [0.2, 0.25) is 5.02 Å². The van der Waals surface area contributed by atoms with Crippen LogP contribution in [0.3, 0.4) is 0 Å². The van der Waals surface area contributed by atoms with Gasteiger partial charge in [0.2, 0.25) is 0 Å². The molecule has 0 fully saturated rings. The molecular formula is C15H16ClFN2O. The fraction of sp³-hybridized carbons (Fsp3) is 0.400. The van der Waals surface area contributed by atoms with Gasteiger partial charge in [0, 0.05) is 30.0 Å². The van der Waals surface area contributed by atoms with E-state index in [-0.39, 0.29) is 5.02 Å². The van der Waals surface area contributed by atoms with Crippen LogP contribution in [0.1, 0.15) is 24.6 Å². The summed E-state index contributed by atoms with van der Waals surface area (Å²) in [5.41, 5.74) is 3.68. The molecule has 1 aliphatic heterocycles. The largest absolute Gasteiger partial charge is 0.384 e. The fourth-order valence-electron chi connectivity index (χ4n) is 2.51. The van der Waals surface area contributed by atoms with Gasteiger partial charge in [0.05, 0.1) is 35.1 Å². The van der Waals surface area contributed by atoms with E-state index in [0.29, 0.717) is 18.7 Å². The molecule has 5 heteroatoms. The second-order valence-electron chi connectivity index (χ2n) is 4.92. The predicted octanol–water partition coefficient (Wildman–Crippen LogP) is 3.92. The van der Waals surface area contributed by atoms with Crippen LogP contribution in [0.5, 0.6) is 0 Å². The van der Waals surface area contributed by atoms with E-state index in [4.69, 9.17) is 16.3 Å². The first-order chi connectivity index (χ1) is 9.70. The number of nitrogens with zero attached hydrogens (tertiary/aromatic N) is 1.